The molecule has 1 saturated heterocycles. The summed E-state index contributed by atoms with van der Waals surface area (Å²) in [7, 11) is 2.89. The van der Waals surface area contributed by atoms with E-state index in [0.717, 1.165) is 18.4 Å². The van der Waals surface area contributed by atoms with Crippen LogP contribution in [0.3, 0.4) is 0 Å². The van der Waals surface area contributed by atoms with Gasteiger partial charge >= 0.3 is 6.09 Å². The van der Waals surface area contributed by atoms with E-state index < -0.39 is 12.1 Å². The lowest BCUT2D eigenvalue weighted by molar-refractivity contribution is -0.127. The van der Waals surface area contributed by atoms with Gasteiger partial charge in [-0.2, -0.15) is 0 Å². The van der Waals surface area contributed by atoms with Crippen LogP contribution in [0.5, 0.6) is 17.2 Å². The van der Waals surface area contributed by atoms with Gasteiger partial charge in [0.05, 0.1) is 14.2 Å². The van der Waals surface area contributed by atoms with Crippen molar-refractivity contribution in [2.45, 2.75) is 31.8 Å². The van der Waals surface area contributed by atoms with Crippen LogP contribution in [0.2, 0.25) is 0 Å². The number of nitrogens with zero attached hydrogens (tertiary/aromatic N) is 1. The van der Waals surface area contributed by atoms with Crippen LogP contribution >= 0.6 is 0 Å². The van der Waals surface area contributed by atoms with Crippen LogP contribution in [0, 0.1) is 0 Å². The molecule has 0 unspecified atom stereocenters. The number of ether oxygens (including phenoxy) is 4. The molecule has 2 heterocycles. The zero-order valence-electron chi connectivity index (χ0n) is 15.1. The van der Waals surface area contributed by atoms with Crippen LogP contribution in [0.15, 0.2) is 12.1 Å². The molecule has 0 bridgehead atoms. The van der Waals surface area contributed by atoms with E-state index in [0.29, 0.717) is 43.4 Å². The van der Waals surface area contributed by atoms with Crippen LogP contribution < -0.4 is 19.5 Å². The van der Waals surface area contributed by atoms with E-state index >= 15 is 0 Å². The summed E-state index contributed by atoms with van der Waals surface area (Å²) in [5.74, 6) is 1.68. The number of amides is 2. The highest BCUT2D eigenvalue weighted by Crippen LogP contribution is 2.36. The number of likely N-dealkylation sites (tertiary alicyclic amines) is 1. The first-order valence-electron chi connectivity index (χ1n) is 8.73. The highest BCUT2D eigenvalue weighted by atomic mass is 16.6. The van der Waals surface area contributed by atoms with Gasteiger partial charge in [-0.15, -0.1) is 0 Å². The molecular weight excluding hydrogens is 340 g/mol. The molecule has 142 valence electrons. The minimum atomic E-state index is -0.514. The number of hydrogen-bond donors (Lipinski definition) is 1. The highest BCUT2D eigenvalue weighted by Gasteiger charge is 2.32. The summed E-state index contributed by atoms with van der Waals surface area (Å²) in [6.07, 6.45) is 1.93. The van der Waals surface area contributed by atoms with Gasteiger partial charge in [-0.05, 0) is 25.3 Å². The Morgan fingerprint density at radius 3 is 2.62 bits per heavy atom. The number of carbonyl (C=O) groups excluding carboxylic acids is 2. The van der Waals surface area contributed by atoms with Crippen molar-refractivity contribution in [3.63, 3.8) is 0 Å². The van der Waals surface area contributed by atoms with E-state index in [1.54, 1.807) is 13.2 Å². The number of fused-ring (bicyclic) bond motifs is 1. The van der Waals surface area contributed by atoms with Crippen molar-refractivity contribution < 1.29 is 28.5 Å². The standard InChI is InChI=1S/C18H24N2O6/c1-23-14-10-16-15(25-7-8-26-16)9-12(14)11-19-17(21)13-5-3-4-6-20(13)18(22)24-2/h9-10,13H,3-8,11H2,1-2H3,(H,19,21)/t13-/m1/s1. The Hall–Kier alpha value is -2.64. The van der Waals surface area contributed by atoms with Crippen LogP contribution in [-0.4, -0.2) is 56.9 Å². The molecular formula is C18H24N2O6. The fourth-order valence-corrected chi connectivity index (χ4v) is 3.28. The maximum absolute atomic E-state index is 12.6. The normalized spacial score (nSPS) is 18.8. The molecule has 0 aliphatic carbocycles. The monoisotopic (exact) mass is 364 g/mol. The first-order valence-corrected chi connectivity index (χ1v) is 8.73. The van der Waals surface area contributed by atoms with Crippen molar-refractivity contribution in [2.24, 2.45) is 0 Å². The van der Waals surface area contributed by atoms with Crippen molar-refractivity contribution in [3.8, 4) is 17.2 Å². The number of carbonyl (C=O) groups is 2. The second kappa shape index (κ2) is 8.16. The maximum Gasteiger partial charge on any atom is 0.410 e. The van der Waals surface area contributed by atoms with Gasteiger partial charge in [-0.3, -0.25) is 9.69 Å². The molecule has 0 aromatic heterocycles. The molecule has 1 aromatic rings. The minimum absolute atomic E-state index is 0.202. The quantitative estimate of drug-likeness (QED) is 0.875. The summed E-state index contributed by atoms with van der Waals surface area (Å²) < 4.78 is 21.3. The third-order valence-corrected chi connectivity index (χ3v) is 4.61. The van der Waals surface area contributed by atoms with Gasteiger partial charge in [0.25, 0.3) is 0 Å². The summed E-state index contributed by atoms with van der Waals surface area (Å²) in [4.78, 5) is 26.0. The third kappa shape index (κ3) is 3.79. The molecule has 8 heteroatoms. The van der Waals surface area contributed by atoms with Gasteiger partial charge in [0.15, 0.2) is 11.5 Å². The van der Waals surface area contributed by atoms with Gasteiger partial charge in [-0.25, -0.2) is 4.79 Å². The summed E-state index contributed by atoms with van der Waals surface area (Å²) in [5.41, 5.74) is 0.783. The molecule has 2 aliphatic heterocycles. The van der Waals surface area contributed by atoms with Gasteiger partial charge in [0, 0.05) is 24.7 Å². The average Bonchev–Trinajstić information content (AvgIpc) is 2.70. The van der Waals surface area contributed by atoms with Crippen LogP contribution in [0.1, 0.15) is 24.8 Å². The van der Waals surface area contributed by atoms with Crippen molar-refractivity contribution in [1.29, 1.82) is 0 Å². The molecule has 0 saturated carbocycles. The SMILES string of the molecule is COC(=O)N1CCCC[C@@H]1C(=O)NCc1cc2c(cc1OC)OCCO2. The lowest BCUT2D eigenvalue weighted by Crippen LogP contribution is -2.51. The molecule has 3 rings (SSSR count). The second-order valence-corrected chi connectivity index (χ2v) is 6.20. The number of nitrogens with one attached hydrogen (secondary N) is 1. The number of piperidine rings is 1. The van der Waals surface area contributed by atoms with E-state index in [1.807, 2.05) is 6.07 Å². The predicted molar refractivity (Wildman–Crippen MR) is 92.6 cm³/mol. The van der Waals surface area contributed by atoms with Gasteiger partial charge in [-0.1, -0.05) is 0 Å². The second-order valence-electron chi connectivity index (χ2n) is 6.20. The Morgan fingerprint density at radius 2 is 1.92 bits per heavy atom. The lowest BCUT2D eigenvalue weighted by Gasteiger charge is -2.33. The summed E-state index contributed by atoms with van der Waals surface area (Å²) in [6, 6.07) is 3.06. The molecule has 1 aromatic carbocycles. The van der Waals surface area contributed by atoms with Crippen molar-refractivity contribution in [1.82, 2.24) is 10.2 Å². The van der Waals surface area contributed by atoms with E-state index in [-0.39, 0.29) is 12.5 Å². The average molecular weight is 364 g/mol. The Balaban J connectivity index is 1.69. The lowest BCUT2D eigenvalue weighted by atomic mass is 10.0. The smallest absolute Gasteiger partial charge is 0.410 e. The summed E-state index contributed by atoms with van der Waals surface area (Å²) in [6.45, 7) is 1.78. The number of methoxy groups -OCH3 is 2. The van der Waals surface area contributed by atoms with E-state index in [4.69, 9.17) is 18.9 Å². The van der Waals surface area contributed by atoms with Crippen LogP contribution in [-0.2, 0) is 16.1 Å². The fourth-order valence-electron chi connectivity index (χ4n) is 3.28. The van der Waals surface area contributed by atoms with Crippen molar-refractivity contribution in [2.75, 3.05) is 34.0 Å². The Labute approximate surface area is 152 Å². The van der Waals surface area contributed by atoms with Crippen molar-refractivity contribution in [3.05, 3.63) is 17.7 Å². The predicted octanol–water partition coefficient (Wildman–Crippen LogP) is 1.70. The van der Waals surface area contributed by atoms with Crippen LogP contribution in [0.4, 0.5) is 4.79 Å². The zero-order valence-corrected chi connectivity index (χ0v) is 15.1. The van der Waals surface area contributed by atoms with E-state index in [9.17, 15) is 9.59 Å². The molecule has 2 amide bonds. The molecule has 1 N–H and O–H groups in total. The Morgan fingerprint density at radius 1 is 1.19 bits per heavy atom. The molecule has 26 heavy (non-hydrogen) atoms. The number of benzene rings is 1. The van der Waals surface area contributed by atoms with Gasteiger partial charge in [0.2, 0.25) is 5.91 Å². The largest absolute Gasteiger partial charge is 0.496 e. The summed E-state index contributed by atoms with van der Waals surface area (Å²) >= 11 is 0. The van der Waals surface area contributed by atoms with Gasteiger partial charge in [0.1, 0.15) is 25.0 Å². The van der Waals surface area contributed by atoms with Gasteiger partial charge < -0.3 is 24.3 Å². The maximum atomic E-state index is 12.6. The van der Waals surface area contributed by atoms with E-state index in [1.165, 1.54) is 12.0 Å². The first-order chi connectivity index (χ1) is 12.6. The van der Waals surface area contributed by atoms with E-state index in [2.05, 4.69) is 5.32 Å². The van der Waals surface area contributed by atoms with Crippen molar-refractivity contribution >= 4 is 12.0 Å². The third-order valence-electron chi connectivity index (χ3n) is 4.61. The first kappa shape index (κ1) is 18.2. The number of rotatable bonds is 4. The zero-order chi connectivity index (χ0) is 18.5. The summed E-state index contributed by atoms with van der Waals surface area (Å²) in [5, 5.41) is 2.89. The molecule has 1 atom stereocenters. The van der Waals surface area contributed by atoms with Crippen LogP contribution in [0.25, 0.3) is 0 Å². The Bertz CT molecular complexity index is 678. The molecule has 2 aliphatic rings. The topological polar surface area (TPSA) is 86.3 Å². The molecule has 8 nitrogen and oxygen atoms in total. The molecule has 1 fully saturated rings. The fraction of sp³-hybridized carbons (Fsp3) is 0.556. The minimum Gasteiger partial charge on any atom is -0.496 e. The number of hydrogen-bond acceptors (Lipinski definition) is 6. The Kier molecular flexibility index (Phi) is 5.70. The highest BCUT2D eigenvalue weighted by molar-refractivity contribution is 5.85. The molecule has 0 radical (unpaired) electrons. The molecule has 0 spiro atoms.